The Kier molecular flexibility index (Phi) is 4.69. The molecule has 0 aliphatic heterocycles. The number of aromatic nitrogens is 2. The van der Waals surface area contributed by atoms with E-state index in [9.17, 15) is 0 Å². The highest BCUT2D eigenvalue weighted by atomic mass is 35.5. The third-order valence-corrected chi connectivity index (χ3v) is 3.67. The number of rotatable bonds is 5. The summed E-state index contributed by atoms with van der Waals surface area (Å²) in [6.07, 6.45) is 3.58. The molecule has 0 aliphatic carbocycles. The summed E-state index contributed by atoms with van der Waals surface area (Å²) in [4.78, 5) is 8.48. The number of benzene rings is 1. The summed E-state index contributed by atoms with van der Waals surface area (Å²) in [5.74, 6) is 0. The highest BCUT2D eigenvalue weighted by Crippen LogP contribution is 2.29. The van der Waals surface area contributed by atoms with Crippen LogP contribution in [-0.4, -0.2) is 16.0 Å². The minimum atomic E-state index is 0.449. The molecule has 2 rings (SSSR count). The molecule has 3 nitrogen and oxygen atoms in total. The van der Waals surface area contributed by atoms with Crippen molar-refractivity contribution in [1.29, 1.82) is 0 Å². The quantitative estimate of drug-likeness (QED) is 0.878. The zero-order valence-electron chi connectivity index (χ0n) is 10.4. The number of halogens is 1. The molecule has 0 unspecified atom stereocenters. The predicted molar refractivity (Wildman–Crippen MR) is 76.1 cm³/mol. The highest BCUT2D eigenvalue weighted by molar-refractivity contribution is 7.99. The van der Waals surface area contributed by atoms with Crippen molar-refractivity contribution in [2.75, 3.05) is 0 Å². The Bertz CT molecular complexity index is 497. The fraction of sp³-hybridized carbons (Fsp3) is 0.308. The van der Waals surface area contributed by atoms with Gasteiger partial charge in [-0.25, -0.2) is 4.98 Å². The van der Waals surface area contributed by atoms with Gasteiger partial charge in [0.05, 0.1) is 0 Å². The number of aromatic amines is 1. The zero-order valence-corrected chi connectivity index (χ0v) is 12.0. The van der Waals surface area contributed by atoms with Gasteiger partial charge in [0.1, 0.15) is 0 Å². The molecule has 1 aromatic heterocycles. The Balaban J connectivity index is 2.17. The van der Waals surface area contributed by atoms with Crippen LogP contribution in [0.3, 0.4) is 0 Å². The minimum Gasteiger partial charge on any atom is -0.339 e. The van der Waals surface area contributed by atoms with E-state index in [0.717, 1.165) is 16.7 Å². The van der Waals surface area contributed by atoms with Crippen LogP contribution in [0.4, 0.5) is 0 Å². The molecule has 1 aromatic carbocycles. The molecule has 0 saturated heterocycles. The Morgan fingerprint density at radius 3 is 2.94 bits per heavy atom. The minimum absolute atomic E-state index is 0.449. The van der Waals surface area contributed by atoms with E-state index in [2.05, 4.69) is 29.1 Å². The fourth-order valence-electron chi connectivity index (χ4n) is 1.51. The van der Waals surface area contributed by atoms with E-state index in [-0.39, 0.29) is 0 Å². The molecule has 1 heterocycles. The van der Waals surface area contributed by atoms with Crippen LogP contribution in [0.1, 0.15) is 19.4 Å². The number of nitrogens with zero attached hydrogens (tertiary/aromatic N) is 1. The van der Waals surface area contributed by atoms with Crippen molar-refractivity contribution in [2.24, 2.45) is 0 Å². The van der Waals surface area contributed by atoms with Crippen molar-refractivity contribution in [2.45, 2.75) is 36.5 Å². The van der Waals surface area contributed by atoms with Crippen LogP contribution in [0, 0.1) is 0 Å². The molecule has 0 spiro atoms. The van der Waals surface area contributed by atoms with Gasteiger partial charge in [0, 0.05) is 34.9 Å². The van der Waals surface area contributed by atoms with Crippen LogP contribution in [0.15, 0.2) is 40.6 Å². The van der Waals surface area contributed by atoms with Crippen LogP contribution in [0.5, 0.6) is 0 Å². The molecule has 2 aromatic rings. The van der Waals surface area contributed by atoms with Gasteiger partial charge in [-0.2, -0.15) is 0 Å². The average Bonchev–Trinajstić information content (AvgIpc) is 2.82. The molecule has 0 fully saturated rings. The SMILES string of the molecule is CC(C)NCc1cc(Cl)ccc1Sc1ncc[nH]1. The second-order valence-corrected chi connectivity index (χ2v) is 5.75. The lowest BCUT2D eigenvalue weighted by Gasteiger charge is -2.12. The maximum atomic E-state index is 6.05. The van der Waals surface area contributed by atoms with Crippen LogP contribution >= 0.6 is 23.4 Å². The second kappa shape index (κ2) is 6.27. The first-order valence-electron chi connectivity index (χ1n) is 5.84. The first-order valence-corrected chi connectivity index (χ1v) is 7.03. The van der Waals surface area contributed by atoms with E-state index in [1.54, 1.807) is 18.0 Å². The van der Waals surface area contributed by atoms with Crippen molar-refractivity contribution in [3.05, 3.63) is 41.2 Å². The van der Waals surface area contributed by atoms with Gasteiger partial charge in [-0.15, -0.1) is 0 Å². The van der Waals surface area contributed by atoms with Gasteiger partial charge in [-0.3, -0.25) is 0 Å². The Morgan fingerprint density at radius 2 is 2.28 bits per heavy atom. The summed E-state index contributed by atoms with van der Waals surface area (Å²) in [7, 11) is 0. The fourth-order valence-corrected chi connectivity index (χ4v) is 2.55. The summed E-state index contributed by atoms with van der Waals surface area (Å²) in [5.41, 5.74) is 1.19. The van der Waals surface area contributed by atoms with Gasteiger partial charge >= 0.3 is 0 Å². The number of H-pyrrole nitrogens is 1. The molecule has 0 aliphatic rings. The smallest absolute Gasteiger partial charge is 0.170 e. The van der Waals surface area contributed by atoms with Gasteiger partial charge in [0.15, 0.2) is 5.16 Å². The third-order valence-electron chi connectivity index (χ3n) is 2.40. The van der Waals surface area contributed by atoms with E-state index in [0.29, 0.717) is 6.04 Å². The monoisotopic (exact) mass is 281 g/mol. The van der Waals surface area contributed by atoms with Crippen LogP contribution < -0.4 is 5.32 Å². The summed E-state index contributed by atoms with van der Waals surface area (Å²) < 4.78 is 0. The van der Waals surface area contributed by atoms with Gasteiger partial charge in [0.25, 0.3) is 0 Å². The molecule has 0 saturated carbocycles. The molecule has 2 N–H and O–H groups in total. The lowest BCUT2D eigenvalue weighted by atomic mass is 10.2. The molecular formula is C13H16ClN3S. The first-order chi connectivity index (χ1) is 8.65. The normalized spacial score (nSPS) is 11.1. The van der Waals surface area contributed by atoms with Gasteiger partial charge in [-0.05, 0) is 23.8 Å². The van der Waals surface area contributed by atoms with Crippen LogP contribution in [-0.2, 0) is 6.54 Å². The standard InChI is InChI=1S/C13H16ClN3S/c1-9(2)17-8-10-7-11(14)3-4-12(10)18-13-15-5-6-16-13/h3-7,9,17H,8H2,1-2H3,(H,15,16). The molecule has 96 valence electrons. The molecular weight excluding hydrogens is 266 g/mol. The molecule has 0 bridgehead atoms. The molecule has 0 radical (unpaired) electrons. The van der Waals surface area contributed by atoms with Gasteiger partial charge in [-0.1, -0.05) is 37.2 Å². The van der Waals surface area contributed by atoms with E-state index in [1.165, 1.54) is 10.5 Å². The number of hydrogen-bond donors (Lipinski definition) is 2. The van der Waals surface area contributed by atoms with Crippen molar-refractivity contribution < 1.29 is 0 Å². The molecule has 5 heteroatoms. The van der Waals surface area contributed by atoms with Crippen molar-refractivity contribution >= 4 is 23.4 Å². The Hall–Kier alpha value is -0.970. The summed E-state index contributed by atoms with van der Waals surface area (Å²) in [6, 6.07) is 6.39. The Morgan fingerprint density at radius 1 is 1.44 bits per heavy atom. The number of hydrogen-bond acceptors (Lipinski definition) is 3. The number of imidazole rings is 1. The van der Waals surface area contributed by atoms with E-state index in [1.807, 2.05) is 24.4 Å². The highest BCUT2D eigenvalue weighted by Gasteiger charge is 2.07. The van der Waals surface area contributed by atoms with Crippen molar-refractivity contribution in [1.82, 2.24) is 15.3 Å². The average molecular weight is 282 g/mol. The predicted octanol–water partition coefficient (Wildman–Crippen LogP) is 3.71. The second-order valence-electron chi connectivity index (χ2n) is 4.28. The number of nitrogens with one attached hydrogen (secondary N) is 2. The summed E-state index contributed by atoms with van der Waals surface area (Å²) >= 11 is 7.67. The maximum Gasteiger partial charge on any atom is 0.170 e. The first kappa shape index (κ1) is 13.5. The van der Waals surface area contributed by atoms with E-state index in [4.69, 9.17) is 11.6 Å². The lowest BCUT2D eigenvalue weighted by molar-refractivity contribution is 0.585. The topological polar surface area (TPSA) is 40.7 Å². The zero-order chi connectivity index (χ0) is 13.0. The van der Waals surface area contributed by atoms with E-state index >= 15 is 0 Å². The van der Waals surface area contributed by atoms with Crippen molar-refractivity contribution in [3.8, 4) is 0 Å². The van der Waals surface area contributed by atoms with Crippen LogP contribution in [0.25, 0.3) is 0 Å². The van der Waals surface area contributed by atoms with Crippen LogP contribution in [0.2, 0.25) is 5.02 Å². The third kappa shape index (κ3) is 3.77. The van der Waals surface area contributed by atoms with E-state index < -0.39 is 0 Å². The molecule has 0 atom stereocenters. The molecule has 18 heavy (non-hydrogen) atoms. The lowest BCUT2D eigenvalue weighted by Crippen LogP contribution is -2.22. The van der Waals surface area contributed by atoms with Gasteiger partial charge in [0.2, 0.25) is 0 Å². The van der Waals surface area contributed by atoms with Crippen molar-refractivity contribution in [3.63, 3.8) is 0 Å². The Labute approximate surface area is 116 Å². The largest absolute Gasteiger partial charge is 0.339 e. The maximum absolute atomic E-state index is 6.05. The molecule has 0 amide bonds. The summed E-state index contributed by atoms with van der Waals surface area (Å²) in [6.45, 7) is 5.06. The summed E-state index contributed by atoms with van der Waals surface area (Å²) in [5, 5.41) is 5.06. The van der Waals surface area contributed by atoms with Gasteiger partial charge < -0.3 is 10.3 Å².